The van der Waals surface area contributed by atoms with Crippen molar-refractivity contribution in [1.82, 2.24) is 9.97 Å². The van der Waals surface area contributed by atoms with Gasteiger partial charge < -0.3 is 20.1 Å². The van der Waals surface area contributed by atoms with Crippen molar-refractivity contribution in [3.8, 4) is 11.5 Å². The molecule has 0 fully saturated rings. The monoisotopic (exact) mass is 418 g/mol. The number of halogens is 3. The predicted octanol–water partition coefficient (Wildman–Crippen LogP) is 2.85. The molecular weight excluding hydrogens is 401 g/mol. The SMILES string of the molecule is CCNc1nc(Nc2ccc(S(C)(=O)=O)c3c2OCCO3)ncc1C(F)(F)F. The summed E-state index contributed by atoms with van der Waals surface area (Å²) >= 11 is 0. The molecule has 3 rings (SSSR count). The Hall–Kier alpha value is -2.76. The summed E-state index contributed by atoms with van der Waals surface area (Å²) in [6.07, 6.45) is -2.90. The number of rotatable bonds is 5. The van der Waals surface area contributed by atoms with Gasteiger partial charge in [0.1, 0.15) is 29.5 Å². The Balaban J connectivity index is 2.01. The highest BCUT2D eigenvalue weighted by molar-refractivity contribution is 7.90. The Morgan fingerprint density at radius 2 is 1.86 bits per heavy atom. The number of anilines is 3. The lowest BCUT2D eigenvalue weighted by atomic mass is 10.2. The van der Waals surface area contributed by atoms with Gasteiger partial charge in [-0.15, -0.1) is 0 Å². The highest BCUT2D eigenvalue weighted by atomic mass is 32.2. The van der Waals surface area contributed by atoms with Gasteiger partial charge in [0, 0.05) is 19.0 Å². The van der Waals surface area contributed by atoms with Crippen molar-refractivity contribution >= 4 is 27.3 Å². The van der Waals surface area contributed by atoms with Crippen molar-refractivity contribution in [3.63, 3.8) is 0 Å². The average molecular weight is 418 g/mol. The van der Waals surface area contributed by atoms with Gasteiger partial charge in [-0.25, -0.2) is 13.4 Å². The van der Waals surface area contributed by atoms with Crippen LogP contribution in [0.15, 0.2) is 23.2 Å². The third kappa shape index (κ3) is 4.06. The summed E-state index contributed by atoms with van der Waals surface area (Å²) in [5, 5.41) is 5.31. The van der Waals surface area contributed by atoms with Crippen LogP contribution in [0.5, 0.6) is 11.5 Å². The van der Waals surface area contributed by atoms with Crippen LogP contribution in [0, 0.1) is 0 Å². The van der Waals surface area contributed by atoms with Gasteiger partial charge in [0.15, 0.2) is 21.3 Å². The van der Waals surface area contributed by atoms with Crippen molar-refractivity contribution in [2.75, 3.05) is 36.6 Å². The Morgan fingerprint density at radius 3 is 2.46 bits per heavy atom. The fraction of sp³-hybridized carbons (Fsp3) is 0.375. The minimum Gasteiger partial charge on any atom is -0.485 e. The van der Waals surface area contributed by atoms with Gasteiger partial charge in [-0.2, -0.15) is 18.2 Å². The fourth-order valence-corrected chi connectivity index (χ4v) is 3.38. The smallest absolute Gasteiger partial charge is 0.421 e. The Labute approximate surface area is 159 Å². The molecule has 1 aromatic carbocycles. The van der Waals surface area contributed by atoms with Crippen LogP contribution in [0.25, 0.3) is 0 Å². The first kappa shape index (κ1) is 20.0. The highest BCUT2D eigenvalue weighted by Crippen LogP contribution is 2.43. The van der Waals surface area contributed by atoms with Gasteiger partial charge in [-0.1, -0.05) is 0 Å². The van der Waals surface area contributed by atoms with Gasteiger partial charge >= 0.3 is 6.18 Å². The molecule has 2 N–H and O–H groups in total. The topological polar surface area (TPSA) is 102 Å². The quantitative estimate of drug-likeness (QED) is 0.764. The average Bonchev–Trinajstić information content (AvgIpc) is 2.60. The number of aromatic nitrogens is 2. The summed E-state index contributed by atoms with van der Waals surface area (Å²) in [5.41, 5.74) is -0.724. The number of hydrogen-bond acceptors (Lipinski definition) is 8. The van der Waals surface area contributed by atoms with Crippen LogP contribution in [-0.2, 0) is 16.0 Å². The van der Waals surface area contributed by atoms with Crippen LogP contribution in [0.3, 0.4) is 0 Å². The number of benzene rings is 1. The lowest BCUT2D eigenvalue weighted by Gasteiger charge is -2.23. The molecule has 1 aliphatic heterocycles. The second kappa shape index (κ2) is 7.34. The molecule has 2 heterocycles. The summed E-state index contributed by atoms with van der Waals surface area (Å²) in [5.74, 6) is -0.320. The molecule has 152 valence electrons. The second-order valence-corrected chi connectivity index (χ2v) is 7.83. The summed E-state index contributed by atoms with van der Waals surface area (Å²) in [4.78, 5) is 7.54. The summed E-state index contributed by atoms with van der Waals surface area (Å²) in [6, 6.07) is 2.73. The standard InChI is InChI=1S/C16H17F3N4O4S/c1-3-20-14-9(16(17,18)19)8-21-15(23-14)22-10-4-5-11(28(2,24)25)13-12(10)26-6-7-27-13/h4-5,8H,3,6-7H2,1-2H3,(H2,20,21,22,23). The molecule has 1 aromatic heterocycles. The van der Waals surface area contributed by atoms with Crippen molar-refractivity contribution in [2.45, 2.75) is 18.0 Å². The molecule has 12 heteroatoms. The van der Waals surface area contributed by atoms with E-state index in [4.69, 9.17) is 9.47 Å². The van der Waals surface area contributed by atoms with Gasteiger partial charge in [0.05, 0.1) is 5.69 Å². The van der Waals surface area contributed by atoms with Crippen LogP contribution in [-0.4, -0.2) is 44.4 Å². The third-order valence-electron chi connectivity index (χ3n) is 3.74. The molecule has 28 heavy (non-hydrogen) atoms. The van der Waals surface area contributed by atoms with Crippen LogP contribution >= 0.6 is 0 Å². The van der Waals surface area contributed by atoms with E-state index in [1.807, 2.05) is 0 Å². The van der Waals surface area contributed by atoms with Gasteiger partial charge in [-0.05, 0) is 19.1 Å². The van der Waals surface area contributed by atoms with Crippen molar-refractivity contribution in [3.05, 3.63) is 23.9 Å². The number of ether oxygens (including phenoxy) is 2. The minimum atomic E-state index is -4.61. The second-order valence-electron chi connectivity index (χ2n) is 5.85. The first-order valence-corrected chi connectivity index (χ1v) is 10.1. The minimum absolute atomic E-state index is 0.0394. The van der Waals surface area contributed by atoms with Crippen molar-refractivity contribution in [2.24, 2.45) is 0 Å². The van der Waals surface area contributed by atoms with E-state index < -0.39 is 21.6 Å². The van der Waals surface area contributed by atoms with E-state index in [-0.39, 0.29) is 53.6 Å². The van der Waals surface area contributed by atoms with Crippen molar-refractivity contribution in [1.29, 1.82) is 0 Å². The lowest BCUT2D eigenvalue weighted by Crippen LogP contribution is -2.19. The maximum absolute atomic E-state index is 13.1. The van der Waals surface area contributed by atoms with E-state index in [1.54, 1.807) is 6.92 Å². The Morgan fingerprint density at radius 1 is 1.18 bits per heavy atom. The van der Waals surface area contributed by atoms with E-state index in [2.05, 4.69) is 20.6 Å². The molecule has 1 aliphatic rings. The van der Waals surface area contributed by atoms with E-state index in [0.717, 1.165) is 6.26 Å². The maximum atomic E-state index is 13.1. The zero-order valence-corrected chi connectivity index (χ0v) is 15.7. The molecule has 2 aromatic rings. The Bertz CT molecular complexity index is 996. The number of sulfone groups is 1. The molecule has 0 saturated carbocycles. The predicted molar refractivity (Wildman–Crippen MR) is 95.0 cm³/mol. The van der Waals surface area contributed by atoms with Crippen LogP contribution in [0.1, 0.15) is 12.5 Å². The molecule has 0 spiro atoms. The van der Waals surface area contributed by atoms with E-state index in [1.165, 1.54) is 12.1 Å². The largest absolute Gasteiger partial charge is 0.485 e. The number of alkyl halides is 3. The van der Waals surface area contributed by atoms with Gasteiger partial charge in [-0.3, -0.25) is 0 Å². The molecule has 0 amide bonds. The number of nitrogens with zero attached hydrogens (tertiary/aromatic N) is 2. The zero-order valence-electron chi connectivity index (χ0n) is 14.9. The van der Waals surface area contributed by atoms with Crippen LogP contribution in [0.2, 0.25) is 0 Å². The highest BCUT2D eigenvalue weighted by Gasteiger charge is 2.35. The third-order valence-corrected chi connectivity index (χ3v) is 4.86. The van der Waals surface area contributed by atoms with E-state index in [9.17, 15) is 21.6 Å². The van der Waals surface area contributed by atoms with Gasteiger partial charge in [0.25, 0.3) is 0 Å². The lowest BCUT2D eigenvalue weighted by molar-refractivity contribution is -0.137. The normalized spacial score (nSPS) is 13.9. The Kier molecular flexibility index (Phi) is 5.24. The molecule has 0 saturated heterocycles. The van der Waals surface area contributed by atoms with Crippen LogP contribution < -0.4 is 20.1 Å². The summed E-state index contributed by atoms with van der Waals surface area (Å²) < 4.78 is 74.0. The maximum Gasteiger partial charge on any atom is 0.421 e. The molecule has 0 atom stereocenters. The summed E-state index contributed by atoms with van der Waals surface area (Å²) in [6.45, 7) is 2.22. The van der Waals surface area contributed by atoms with E-state index in [0.29, 0.717) is 6.20 Å². The number of hydrogen-bond donors (Lipinski definition) is 2. The van der Waals surface area contributed by atoms with Crippen LogP contribution in [0.4, 0.5) is 30.6 Å². The molecule has 0 unspecified atom stereocenters. The number of fused-ring (bicyclic) bond motifs is 1. The molecular formula is C16H17F3N4O4S. The number of nitrogens with one attached hydrogen (secondary N) is 2. The first-order chi connectivity index (χ1) is 13.1. The van der Waals surface area contributed by atoms with Gasteiger partial charge in [0.2, 0.25) is 5.95 Å². The molecule has 8 nitrogen and oxygen atoms in total. The molecule has 0 radical (unpaired) electrons. The molecule has 0 bridgehead atoms. The van der Waals surface area contributed by atoms with Crippen molar-refractivity contribution < 1.29 is 31.1 Å². The molecule has 0 aliphatic carbocycles. The zero-order chi connectivity index (χ0) is 20.5. The summed E-state index contributed by atoms with van der Waals surface area (Å²) in [7, 11) is -3.57. The van der Waals surface area contributed by atoms with E-state index >= 15 is 0 Å². The first-order valence-electron chi connectivity index (χ1n) is 8.19. The fourth-order valence-electron chi connectivity index (χ4n) is 2.57.